The van der Waals surface area contributed by atoms with Crippen LogP contribution in [0.5, 0.6) is 5.75 Å². The van der Waals surface area contributed by atoms with E-state index in [1.165, 1.54) is 6.07 Å². The summed E-state index contributed by atoms with van der Waals surface area (Å²) in [6.45, 7) is 0.666. The third-order valence-electron chi connectivity index (χ3n) is 6.29. The van der Waals surface area contributed by atoms with Crippen LogP contribution in [-0.4, -0.2) is 56.5 Å². The second kappa shape index (κ2) is 9.76. The highest BCUT2D eigenvalue weighted by Crippen LogP contribution is 2.31. The average molecular weight is 461 g/mol. The SMILES string of the molecule is CN(CC1CC1)C(=O)OCc1c(-c2ccc(O[C@H]3CCCC(C(=O)O)C3)c(F)n2)cnn1C. The number of pyridine rings is 1. The van der Waals surface area contributed by atoms with E-state index in [-0.39, 0.29) is 18.5 Å². The average Bonchev–Trinajstić information content (AvgIpc) is 3.53. The summed E-state index contributed by atoms with van der Waals surface area (Å²) in [4.78, 5) is 29.1. The van der Waals surface area contributed by atoms with Crippen LogP contribution in [0.25, 0.3) is 11.3 Å². The summed E-state index contributed by atoms with van der Waals surface area (Å²) < 4.78 is 27.5. The Morgan fingerprint density at radius 2 is 2.06 bits per heavy atom. The molecule has 1 amide bonds. The van der Waals surface area contributed by atoms with Crippen molar-refractivity contribution in [2.45, 2.75) is 51.2 Å². The summed E-state index contributed by atoms with van der Waals surface area (Å²) in [5.41, 5.74) is 1.50. The van der Waals surface area contributed by atoms with E-state index < -0.39 is 23.9 Å². The fourth-order valence-corrected chi connectivity index (χ4v) is 4.17. The summed E-state index contributed by atoms with van der Waals surface area (Å²) in [6, 6.07) is 3.12. The van der Waals surface area contributed by atoms with E-state index in [4.69, 9.17) is 9.47 Å². The lowest BCUT2D eigenvalue weighted by molar-refractivity contribution is -0.143. The van der Waals surface area contributed by atoms with Crippen LogP contribution in [0.4, 0.5) is 9.18 Å². The number of rotatable bonds is 8. The molecule has 9 nitrogen and oxygen atoms in total. The highest BCUT2D eigenvalue weighted by molar-refractivity contribution is 5.70. The third kappa shape index (κ3) is 5.61. The van der Waals surface area contributed by atoms with E-state index in [9.17, 15) is 19.1 Å². The van der Waals surface area contributed by atoms with Gasteiger partial charge in [0.25, 0.3) is 5.95 Å². The molecule has 0 bridgehead atoms. The Bertz CT molecular complexity index is 1020. The third-order valence-corrected chi connectivity index (χ3v) is 6.29. The highest BCUT2D eigenvalue weighted by atomic mass is 19.1. The first-order valence-corrected chi connectivity index (χ1v) is 11.3. The number of carboxylic acid groups (broad SMARTS) is 1. The van der Waals surface area contributed by atoms with Crippen LogP contribution in [0.2, 0.25) is 0 Å². The lowest BCUT2D eigenvalue weighted by Gasteiger charge is -2.27. The molecule has 0 radical (unpaired) electrons. The number of aliphatic carboxylic acids is 1. The Kier molecular flexibility index (Phi) is 6.80. The molecule has 0 saturated heterocycles. The predicted octanol–water partition coefficient (Wildman–Crippen LogP) is 3.62. The fourth-order valence-electron chi connectivity index (χ4n) is 4.17. The van der Waals surface area contributed by atoms with Gasteiger partial charge in [0, 0.05) is 26.2 Å². The highest BCUT2D eigenvalue weighted by Gasteiger charge is 2.29. The molecule has 2 fully saturated rings. The number of hydrogen-bond acceptors (Lipinski definition) is 6. The Morgan fingerprint density at radius 1 is 1.27 bits per heavy atom. The molecule has 2 aliphatic rings. The van der Waals surface area contributed by atoms with Crippen molar-refractivity contribution in [1.82, 2.24) is 19.7 Å². The van der Waals surface area contributed by atoms with Crippen molar-refractivity contribution in [3.05, 3.63) is 30.0 Å². The molecule has 2 aromatic rings. The van der Waals surface area contributed by atoms with Gasteiger partial charge in [-0.2, -0.15) is 9.49 Å². The summed E-state index contributed by atoms with van der Waals surface area (Å²) in [6.07, 6.45) is 5.43. The molecule has 2 aliphatic carbocycles. The van der Waals surface area contributed by atoms with Gasteiger partial charge in [-0.05, 0) is 56.6 Å². The maximum Gasteiger partial charge on any atom is 0.409 e. The molecule has 10 heteroatoms. The number of amides is 1. The van der Waals surface area contributed by atoms with E-state index in [0.29, 0.717) is 48.7 Å². The minimum Gasteiger partial charge on any atom is -0.486 e. The van der Waals surface area contributed by atoms with Crippen LogP contribution >= 0.6 is 0 Å². The molecule has 0 aliphatic heterocycles. The fraction of sp³-hybridized carbons (Fsp3) is 0.565. The number of hydrogen-bond donors (Lipinski definition) is 1. The topological polar surface area (TPSA) is 107 Å². The molecule has 2 aromatic heterocycles. The van der Waals surface area contributed by atoms with Gasteiger partial charge in [-0.1, -0.05) is 0 Å². The monoisotopic (exact) mass is 460 g/mol. The van der Waals surface area contributed by atoms with Gasteiger partial charge in [-0.3, -0.25) is 9.48 Å². The number of carboxylic acids is 1. The maximum atomic E-state index is 14.8. The van der Waals surface area contributed by atoms with E-state index in [0.717, 1.165) is 19.3 Å². The Balaban J connectivity index is 1.42. The largest absolute Gasteiger partial charge is 0.486 e. The van der Waals surface area contributed by atoms with Crippen molar-refractivity contribution in [3.8, 4) is 17.0 Å². The van der Waals surface area contributed by atoms with Gasteiger partial charge in [0.2, 0.25) is 0 Å². The molecule has 178 valence electrons. The van der Waals surface area contributed by atoms with E-state index in [2.05, 4.69) is 10.1 Å². The standard InChI is InChI=1S/C23H29FN4O5/c1-27(12-14-6-7-14)23(31)32-13-19-17(11-25-28(19)2)18-8-9-20(21(24)26-18)33-16-5-3-4-15(10-16)22(29)30/h8-9,11,14-16H,3-7,10,12-13H2,1-2H3,(H,29,30)/t15?,16-/m0/s1. The van der Waals surface area contributed by atoms with Crippen molar-refractivity contribution >= 4 is 12.1 Å². The molecule has 0 aromatic carbocycles. The minimum atomic E-state index is -0.846. The van der Waals surface area contributed by atoms with Crippen molar-refractivity contribution in [2.24, 2.45) is 18.9 Å². The second-order valence-electron chi connectivity index (χ2n) is 8.93. The van der Waals surface area contributed by atoms with Gasteiger partial charge in [0.15, 0.2) is 5.75 Å². The molecule has 33 heavy (non-hydrogen) atoms. The number of carbonyl (C=O) groups is 2. The number of aromatic nitrogens is 3. The van der Waals surface area contributed by atoms with Crippen LogP contribution in [0.1, 0.15) is 44.2 Å². The van der Waals surface area contributed by atoms with Crippen molar-refractivity contribution in [1.29, 1.82) is 0 Å². The van der Waals surface area contributed by atoms with Crippen LogP contribution in [-0.2, 0) is 23.2 Å². The van der Waals surface area contributed by atoms with Crippen LogP contribution in [0.15, 0.2) is 18.3 Å². The molecule has 1 N–H and O–H groups in total. The van der Waals surface area contributed by atoms with Crippen LogP contribution < -0.4 is 4.74 Å². The Hall–Kier alpha value is -3.17. The smallest absolute Gasteiger partial charge is 0.409 e. The number of ether oxygens (including phenoxy) is 2. The molecule has 2 heterocycles. The Morgan fingerprint density at radius 3 is 2.76 bits per heavy atom. The number of carbonyl (C=O) groups excluding carboxylic acids is 1. The maximum absolute atomic E-state index is 14.8. The second-order valence-corrected chi connectivity index (χ2v) is 8.93. The predicted molar refractivity (Wildman–Crippen MR) is 116 cm³/mol. The summed E-state index contributed by atoms with van der Waals surface area (Å²) in [5, 5.41) is 13.4. The van der Waals surface area contributed by atoms with Crippen molar-refractivity contribution in [2.75, 3.05) is 13.6 Å². The van der Waals surface area contributed by atoms with E-state index >= 15 is 0 Å². The van der Waals surface area contributed by atoms with Crippen molar-refractivity contribution in [3.63, 3.8) is 0 Å². The van der Waals surface area contributed by atoms with Gasteiger partial charge in [0.1, 0.15) is 6.61 Å². The molecular formula is C23H29FN4O5. The zero-order valence-corrected chi connectivity index (χ0v) is 18.9. The zero-order chi connectivity index (χ0) is 23.5. The quantitative estimate of drug-likeness (QED) is 0.600. The van der Waals surface area contributed by atoms with Gasteiger partial charge in [-0.25, -0.2) is 9.78 Å². The number of nitrogens with zero attached hydrogens (tertiary/aromatic N) is 4. The zero-order valence-electron chi connectivity index (χ0n) is 18.9. The lowest BCUT2D eigenvalue weighted by Crippen LogP contribution is -2.29. The Labute approximate surface area is 191 Å². The summed E-state index contributed by atoms with van der Waals surface area (Å²) >= 11 is 0. The van der Waals surface area contributed by atoms with Crippen LogP contribution in [0.3, 0.4) is 0 Å². The molecule has 0 spiro atoms. The first-order chi connectivity index (χ1) is 15.8. The van der Waals surface area contributed by atoms with E-state index in [1.807, 2.05) is 0 Å². The van der Waals surface area contributed by atoms with Crippen molar-refractivity contribution < 1.29 is 28.6 Å². The van der Waals surface area contributed by atoms with Crippen LogP contribution in [0, 0.1) is 17.8 Å². The molecule has 2 saturated carbocycles. The molecule has 1 unspecified atom stereocenters. The lowest BCUT2D eigenvalue weighted by atomic mass is 9.87. The first-order valence-electron chi connectivity index (χ1n) is 11.3. The summed E-state index contributed by atoms with van der Waals surface area (Å²) in [7, 11) is 3.43. The van der Waals surface area contributed by atoms with Gasteiger partial charge >= 0.3 is 12.1 Å². The van der Waals surface area contributed by atoms with Gasteiger partial charge < -0.3 is 19.5 Å². The normalized spacial score (nSPS) is 20.3. The minimum absolute atomic E-state index is 0.00615. The first kappa shape index (κ1) is 23.0. The molecule has 4 rings (SSSR count). The number of halogens is 1. The molecule has 2 atom stereocenters. The molecular weight excluding hydrogens is 431 g/mol. The summed E-state index contributed by atoms with van der Waals surface area (Å²) in [5.74, 6) is -1.54. The van der Waals surface area contributed by atoms with E-state index in [1.54, 1.807) is 35.9 Å². The number of aryl methyl sites for hydroxylation is 1. The van der Waals surface area contributed by atoms with Gasteiger partial charge in [-0.15, -0.1) is 0 Å². The van der Waals surface area contributed by atoms with Gasteiger partial charge in [0.05, 0.1) is 29.6 Å².